The minimum absolute atomic E-state index is 0.0197. The van der Waals surface area contributed by atoms with E-state index in [0.717, 1.165) is 28.5 Å². The minimum atomic E-state index is -3.97. The Labute approximate surface area is 300 Å². The molecule has 10 nitrogen and oxygen atoms in total. The lowest BCUT2D eigenvalue weighted by Gasteiger charge is -2.46. The zero-order valence-corrected chi connectivity index (χ0v) is 29.8. The third-order valence-electron chi connectivity index (χ3n) is 8.45. The molecule has 4 aromatic carbocycles. The van der Waals surface area contributed by atoms with Crippen LogP contribution in [0.4, 0.5) is 0 Å². The number of ether oxygens (including phenoxy) is 6. The Morgan fingerprint density at radius 2 is 1.04 bits per heavy atom. The second kappa shape index (κ2) is 19.6. The summed E-state index contributed by atoms with van der Waals surface area (Å²) < 4.78 is 67.3. The number of hydrogen-bond donors (Lipinski definition) is 0. The average molecular weight is 719 g/mol. The van der Waals surface area contributed by atoms with Crippen molar-refractivity contribution in [3.05, 3.63) is 144 Å². The van der Waals surface area contributed by atoms with Crippen molar-refractivity contribution in [1.29, 1.82) is 0 Å². The molecular formula is C40H46O10S. The van der Waals surface area contributed by atoms with Crippen molar-refractivity contribution in [3.8, 4) is 0 Å². The molecule has 1 aliphatic rings. The lowest BCUT2D eigenvalue weighted by molar-refractivity contribution is -0.274. The predicted octanol–water partition coefficient (Wildman–Crippen LogP) is 6.02. The molecule has 11 heteroatoms. The van der Waals surface area contributed by atoms with E-state index in [-0.39, 0.29) is 39.3 Å². The maximum Gasteiger partial charge on any atom is 0.336 e. The zero-order chi connectivity index (χ0) is 35.9. The van der Waals surface area contributed by atoms with E-state index in [1.165, 1.54) is 7.11 Å². The zero-order valence-electron chi connectivity index (χ0n) is 29.0. The molecule has 0 saturated carbocycles. The number of rotatable bonds is 19. The average Bonchev–Trinajstić information content (AvgIpc) is 3.15. The SMILES string of the molecule is COC(=O)[C@@H](CC[C@@H]1O[C@H](COCc2ccccc2)[C@H](OCc2ccccc2)[C@H](OCc2ccccc2)[C@H]1OCc1ccccc1)OS(C)(=O)=O. The predicted molar refractivity (Wildman–Crippen MR) is 191 cm³/mol. The molecule has 1 saturated heterocycles. The van der Waals surface area contributed by atoms with Gasteiger partial charge < -0.3 is 28.4 Å². The Bertz CT molecular complexity index is 1690. The smallest absolute Gasteiger partial charge is 0.336 e. The van der Waals surface area contributed by atoms with Crippen LogP contribution in [0.15, 0.2) is 121 Å². The Morgan fingerprint density at radius 3 is 1.47 bits per heavy atom. The maximum atomic E-state index is 12.6. The summed E-state index contributed by atoms with van der Waals surface area (Å²) in [6.45, 7) is 1.33. The minimum Gasteiger partial charge on any atom is -0.467 e. The van der Waals surface area contributed by atoms with Gasteiger partial charge in [0.15, 0.2) is 6.10 Å². The summed E-state index contributed by atoms with van der Waals surface area (Å²) in [6, 6.07) is 39.2. The Kier molecular flexibility index (Phi) is 14.7. The van der Waals surface area contributed by atoms with Gasteiger partial charge >= 0.3 is 5.97 Å². The normalized spacial score (nSPS) is 21.2. The third-order valence-corrected chi connectivity index (χ3v) is 9.03. The van der Waals surface area contributed by atoms with Gasteiger partial charge in [-0.3, -0.25) is 4.18 Å². The standard InChI is InChI=1S/C40H46O10S/c1-44-40(41)35(50-51(2,42)43)24-23-34-37(46-26-31-17-9-4-10-18-31)39(48-28-33-21-13-6-14-22-33)38(47-27-32-19-11-5-12-20-32)36(49-34)29-45-25-30-15-7-3-8-16-30/h3-22,34-39H,23-29H2,1-2H3/t34-,35+,36+,37-,38-,39+/m0/s1. The lowest BCUT2D eigenvalue weighted by Crippen LogP contribution is -2.61. The third kappa shape index (κ3) is 12.4. The number of benzene rings is 4. The quantitative estimate of drug-likeness (QED) is 0.0842. The van der Waals surface area contributed by atoms with Crippen LogP contribution in [0.1, 0.15) is 35.1 Å². The summed E-state index contributed by atoms with van der Waals surface area (Å²) in [6.07, 6.45) is -3.59. The van der Waals surface area contributed by atoms with Crippen LogP contribution in [0.25, 0.3) is 0 Å². The van der Waals surface area contributed by atoms with E-state index in [2.05, 4.69) is 0 Å². The van der Waals surface area contributed by atoms with Crippen molar-refractivity contribution in [2.24, 2.45) is 0 Å². The molecule has 0 aromatic heterocycles. The van der Waals surface area contributed by atoms with E-state index in [1.54, 1.807) is 0 Å². The summed E-state index contributed by atoms with van der Waals surface area (Å²) in [5.41, 5.74) is 3.90. The highest BCUT2D eigenvalue weighted by Crippen LogP contribution is 2.33. The molecule has 0 aliphatic carbocycles. The largest absolute Gasteiger partial charge is 0.467 e. The highest BCUT2D eigenvalue weighted by atomic mass is 32.2. The van der Waals surface area contributed by atoms with Crippen LogP contribution in [-0.2, 0) is 73.9 Å². The molecule has 0 N–H and O–H groups in total. The summed E-state index contributed by atoms with van der Waals surface area (Å²) in [4.78, 5) is 12.6. The van der Waals surface area contributed by atoms with Gasteiger partial charge in [0, 0.05) is 0 Å². The van der Waals surface area contributed by atoms with E-state index < -0.39 is 52.7 Å². The first kappa shape index (κ1) is 38.3. The van der Waals surface area contributed by atoms with E-state index >= 15 is 0 Å². The number of carbonyl (C=O) groups is 1. The Hall–Kier alpha value is -3.94. The van der Waals surface area contributed by atoms with Crippen molar-refractivity contribution in [1.82, 2.24) is 0 Å². The number of methoxy groups -OCH3 is 1. The molecule has 6 atom stereocenters. The second-order valence-electron chi connectivity index (χ2n) is 12.4. The van der Waals surface area contributed by atoms with Crippen LogP contribution >= 0.6 is 0 Å². The van der Waals surface area contributed by atoms with Crippen LogP contribution in [0, 0.1) is 0 Å². The molecule has 4 aromatic rings. The summed E-state index contributed by atoms with van der Waals surface area (Å²) in [7, 11) is -2.78. The first-order chi connectivity index (χ1) is 24.8. The molecular weight excluding hydrogens is 672 g/mol. The van der Waals surface area contributed by atoms with E-state index in [0.29, 0.717) is 6.61 Å². The second-order valence-corrected chi connectivity index (χ2v) is 14.0. The van der Waals surface area contributed by atoms with Gasteiger partial charge in [-0.05, 0) is 35.1 Å². The molecule has 0 spiro atoms. The molecule has 272 valence electrons. The molecule has 0 amide bonds. The van der Waals surface area contributed by atoms with Gasteiger partial charge in [0.2, 0.25) is 0 Å². The van der Waals surface area contributed by atoms with Crippen LogP contribution in [0.5, 0.6) is 0 Å². The van der Waals surface area contributed by atoms with Crippen LogP contribution < -0.4 is 0 Å². The van der Waals surface area contributed by atoms with Crippen LogP contribution in [-0.4, -0.2) is 71.0 Å². The van der Waals surface area contributed by atoms with E-state index in [1.807, 2.05) is 121 Å². The van der Waals surface area contributed by atoms with E-state index in [9.17, 15) is 13.2 Å². The number of carbonyl (C=O) groups excluding carboxylic acids is 1. The Morgan fingerprint density at radius 1 is 0.627 bits per heavy atom. The molecule has 1 aliphatic heterocycles. The molecule has 0 unspecified atom stereocenters. The maximum absolute atomic E-state index is 12.6. The molecule has 1 fully saturated rings. The molecule has 51 heavy (non-hydrogen) atoms. The lowest BCUT2D eigenvalue weighted by atomic mass is 9.91. The summed E-state index contributed by atoms with van der Waals surface area (Å²) in [5, 5.41) is 0. The van der Waals surface area contributed by atoms with Crippen molar-refractivity contribution < 1.29 is 45.8 Å². The van der Waals surface area contributed by atoms with Gasteiger partial charge in [0.1, 0.15) is 24.4 Å². The molecule has 0 bridgehead atoms. The van der Waals surface area contributed by atoms with Crippen molar-refractivity contribution in [2.75, 3.05) is 20.0 Å². The summed E-state index contributed by atoms with van der Waals surface area (Å²) >= 11 is 0. The first-order valence-corrected chi connectivity index (χ1v) is 18.8. The van der Waals surface area contributed by atoms with Crippen LogP contribution in [0.2, 0.25) is 0 Å². The van der Waals surface area contributed by atoms with Gasteiger partial charge in [-0.2, -0.15) is 8.42 Å². The first-order valence-electron chi connectivity index (χ1n) is 17.0. The van der Waals surface area contributed by atoms with Crippen molar-refractivity contribution >= 4 is 16.1 Å². The van der Waals surface area contributed by atoms with Gasteiger partial charge in [-0.25, -0.2) is 4.79 Å². The molecule has 0 radical (unpaired) electrons. The number of hydrogen-bond acceptors (Lipinski definition) is 10. The summed E-state index contributed by atoms with van der Waals surface area (Å²) in [5.74, 6) is -0.804. The fourth-order valence-electron chi connectivity index (χ4n) is 5.98. The highest BCUT2D eigenvalue weighted by Gasteiger charge is 2.48. The van der Waals surface area contributed by atoms with Gasteiger partial charge in [0.05, 0.1) is 52.5 Å². The van der Waals surface area contributed by atoms with E-state index in [4.69, 9.17) is 32.6 Å². The van der Waals surface area contributed by atoms with Crippen LogP contribution in [0.3, 0.4) is 0 Å². The molecule has 1 heterocycles. The van der Waals surface area contributed by atoms with Crippen molar-refractivity contribution in [2.45, 2.75) is 75.9 Å². The molecule has 5 rings (SSSR count). The number of esters is 1. The van der Waals surface area contributed by atoms with Gasteiger partial charge in [-0.15, -0.1) is 0 Å². The van der Waals surface area contributed by atoms with Gasteiger partial charge in [0.25, 0.3) is 10.1 Å². The fraction of sp³-hybridized carbons (Fsp3) is 0.375. The Balaban J connectivity index is 1.47. The topological polar surface area (TPSA) is 116 Å². The van der Waals surface area contributed by atoms with Gasteiger partial charge in [-0.1, -0.05) is 121 Å². The highest BCUT2D eigenvalue weighted by molar-refractivity contribution is 7.86. The fourth-order valence-corrected chi connectivity index (χ4v) is 6.58. The monoisotopic (exact) mass is 718 g/mol. The van der Waals surface area contributed by atoms with Crippen molar-refractivity contribution in [3.63, 3.8) is 0 Å².